The van der Waals surface area contributed by atoms with E-state index in [1.54, 1.807) is 18.3 Å². The summed E-state index contributed by atoms with van der Waals surface area (Å²) in [6.07, 6.45) is 1.58. The molecule has 1 N–H and O–H groups in total. The third kappa shape index (κ3) is 5.96. The maximum absolute atomic E-state index is 11.8. The molecule has 4 nitrogen and oxygen atoms in total. The molecule has 0 spiro atoms. The highest BCUT2D eigenvalue weighted by molar-refractivity contribution is 8.00. The quantitative estimate of drug-likeness (QED) is 0.467. The number of nitrogens with zero attached hydrogens (tertiary/aromatic N) is 1. The minimum absolute atomic E-state index is 0.171. The highest BCUT2D eigenvalue weighted by atomic mass is 35.5. The van der Waals surface area contributed by atoms with Crippen LogP contribution in [0.2, 0.25) is 5.02 Å². The van der Waals surface area contributed by atoms with Crippen molar-refractivity contribution in [1.29, 1.82) is 0 Å². The summed E-state index contributed by atoms with van der Waals surface area (Å²) in [6.45, 7) is 2.50. The smallest absolute Gasteiger partial charge is 0.250 e. The lowest BCUT2D eigenvalue weighted by atomic mass is 10.2. The molecule has 0 saturated carbocycles. The number of benzene rings is 2. The number of halogens is 1. The second-order valence-electron chi connectivity index (χ2n) is 4.51. The minimum Gasteiger partial charge on any atom is -0.493 e. The fraction of sp³-hybridized carbons (Fsp3) is 0.176. The van der Waals surface area contributed by atoms with Gasteiger partial charge in [-0.05, 0) is 43.3 Å². The summed E-state index contributed by atoms with van der Waals surface area (Å²) in [7, 11) is 0. The van der Waals surface area contributed by atoms with E-state index in [4.69, 9.17) is 16.3 Å². The van der Waals surface area contributed by atoms with Crippen LogP contribution in [0.3, 0.4) is 0 Å². The van der Waals surface area contributed by atoms with E-state index in [1.807, 2.05) is 43.3 Å². The molecular weight excluding hydrogens is 332 g/mol. The average molecular weight is 349 g/mol. The van der Waals surface area contributed by atoms with Crippen molar-refractivity contribution in [2.24, 2.45) is 5.10 Å². The number of carbonyl (C=O) groups excluding carboxylic acids is 1. The van der Waals surface area contributed by atoms with Crippen molar-refractivity contribution in [3.63, 3.8) is 0 Å². The van der Waals surface area contributed by atoms with Crippen LogP contribution in [0.15, 0.2) is 58.5 Å². The maximum Gasteiger partial charge on any atom is 0.250 e. The van der Waals surface area contributed by atoms with E-state index in [0.717, 1.165) is 16.2 Å². The fourth-order valence-corrected chi connectivity index (χ4v) is 2.58. The summed E-state index contributed by atoms with van der Waals surface area (Å²) in [5.74, 6) is 0.852. The Balaban J connectivity index is 1.83. The van der Waals surface area contributed by atoms with Gasteiger partial charge in [-0.15, -0.1) is 11.8 Å². The Kier molecular flexibility index (Phi) is 6.97. The lowest BCUT2D eigenvalue weighted by Crippen LogP contribution is -2.19. The second kappa shape index (κ2) is 9.22. The van der Waals surface area contributed by atoms with Crippen LogP contribution in [-0.2, 0) is 4.79 Å². The van der Waals surface area contributed by atoms with Gasteiger partial charge < -0.3 is 4.74 Å². The molecule has 120 valence electrons. The van der Waals surface area contributed by atoms with E-state index in [1.165, 1.54) is 11.8 Å². The summed E-state index contributed by atoms with van der Waals surface area (Å²) in [4.78, 5) is 12.8. The van der Waals surface area contributed by atoms with Crippen LogP contribution in [0.1, 0.15) is 12.5 Å². The van der Waals surface area contributed by atoms with E-state index in [2.05, 4.69) is 10.5 Å². The van der Waals surface area contributed by atoms with Crippen LogP contribution >= 0.6 is 23.4 Å². The first kappa shape index (κ1) is 17.4. The average Bonchev–Trinajstić information content (AvgIpc) is 2.56. The molecule has 6 heteroatoms. The Hall–Kier alpha value is -1.98. The monoisotopic (exact) mass is 348 g/mol. The van der Waals surface area contributed by atoms with Gasteiger partial charge in [0.2, 0.25) is 5.91 Å². The zero-order valence-electron chi connectivity index (χ0n) is 12.7. The molecular formula is C17H17ClN2O2S. The van der Waals surface area contributed by atoms with E-state index < -0.39 is 0 Å². The first-order chi connectivity index (χ1) is 11.2. The zero-order valence-corrected chi connectivity index (χ0v) is 14.2. The Morgan fingerprint density at radius 2 is 2.00 bits per heavy atom. The number of hydrogen-bond acceptors (Lipinski definition) is 4. The molecule has 0 aliphatic heterocycles. The van der Waals surface area contributed by atoms with Crippen molar-refractivity contribution in [3.05, 3.63) is 59.1 Å². The standard InChI is InChI=1S/C17H17ClN2O2S/c1-2-22-16-6-4-3-5-13(16)11-19-20-17(21)12-23-15-9-7-14(18)8-10-15/h3-11H,2,12H2,1H3,(H,20,21)/b19-11-. The van der Waals surface area contributed by atoms with Crippen molar-refractivity contribution in [1.82, 2.24) is 5.43 Å². The third-order valence-corrected chi connectivity index (χ3v) is 4.06. The number of para-hydroxylation sites is 1. The molecule has 2 rings (SSSR count). The van der Waals surface area contributed by atoms with Gasteiger partial charge in [0, 0.05) is 15.5 Å². The van der Waals surface area contributed by atoms with Crippen LogP contribution in [0.5, 0.6) is 5.75 Å². The number of rotatable bonds is 7. The SMILES string of the molecule is CCOc1ccccc1/C=N\NC(=O)CSc1ccc(Cl)cc1. The van der Waals surface area contributed by atoms with Crippen LogP contribution in [0.25, 0.3) is 0 Å². The Morgan fingerprint density at radius 1 is 1.26 bits per heavy atom. The number of hydrogen-bond donors (Lipinski definition) is 1. The molecule has 23 heavy (non-hydrogen) atoms. The molecule has 0 saturated heterocycles. The number of carbonyl (C=O) groups is 1. The Bertz CT molecular complexity index is 675. The third-order valence-electron chi connectivity index (χ3n) is 2.80. The van der Waals surface area contributed by atoms with Gasteiger partial charge in [0.25, 0.3) is 0 Å². The van der Waals surface area contributed by atoms with Crippen LogP contribution in [-0.4, -0.2) is 24.5 Å². The van der Waals surface area contributed by atoms with Gasteiger partial charge in [0.15, 0.2) is 0 Å². The summed E-state index contributed by atoms with van der Waals surface area (Å²) >= 11 is 7.24. The van der Waals surface area contributed by atoms with Gasteiger partial charge in [0.1, 0.15) is 5.75 Å². The Morgan fingerprint density at radius 3 is 2.74 bits per heavy atom. The van der Waals surface area contributed by atoms with Crippen molar-refractivity contribution in [2.45, 2.75) is 11.8 Å². The first-order valence-electron chi connectivity index (χ1n) is 7.11. The highest BCUT2D eigenvalue weighted by Gasteiger charge is 2.02. The van der Waals surface area contributed by atoms with Gasteiger partial charge >= 0.3 is 0 Å². The summed E-state index contributed by atoms with van der Waals surface area (Å²) in [5, 5.41) is 4.65. The lowest BCUT2D eigenvalue weighted by molar-refractivity contribution is -0.118. The summed E-state index contributed by atoms with van der Waals surface area (Å²) in [5.41, 5.74) is 3.33. The molecule has 0 radical (unpaired) electrons. The molecule has 0 atom stereocenters. The van der Waals surface area contributed by atoms with Crippen molar-refractivity contribution >= 4 is 35.5 Å². The topological polar surface area (TPSA) is 50.7 Å². The lowest BCUT2D eigenvalue weighted by Gasteiger charge is -2.05. The van der Waals surface area contributed by atoms with Gasteiger partial charge in [-0.2, -0.15) is 5.10 Å². The van der Waals surface area contributed by atoms with E-state index >= 15 is 0 Å². The van der Waals surface area contributed by atoms with Gasteiger partial charge in [-0.1, -0.05) is 23.7 Å². The largest absolute Gasteiger partial charge is 0.493 e. The van der Waals surface area contributed by atoms with E-state index in [0.29, 0.717) is 11.6 Å². The van der Waals surface area contributed by atoms with E-state index in [9.17, 15) is 4.79 Å². The zero-order chi connectivity index (χ0) is 16.5. The minimum atomic E-state index is -0.171. The summed E-state index contributed by atoms with van der Waals surface area (Å²) in [6, 6.07) is 14.9. The van der Waals surface area contributed by atoms with Crippen LogP contribution in [0, 0.1) is 0 Å². The molecule has 0 aliphatic rings. The van der Waals surface area contributed by atoms with Crippen molar-refractivity contribution in [3.8, 4) is 5.75 Å². The number of nitrogens with one attached hydrogen (secondary N) is 1. The molecule has 2 aromatic carbocycles. The number of ether oxygens (including phenoxy) is 1. The molecule has 1 amide bonds. The fourth-order valence-electron chi connectivity index (χ4n) is 1.76. The van der Waals surface area contributed by atoms with Gasteiger partial charge in [-0.25, -0.2) is 5.43 Å². The molecule has 0 aromatic heterocycles. The molecule has 0 bridgehead atoms. The van der Waals surface area contributed by atoms with Crippen LogP contribution < -0.4 is 10.2 Å². The van der Waals surface area contributed by atoms with Gasteiger partial charge in [0.05, 0.1) is 18.6 Å². The predicted octanol–water partition coefficient (Wildman–Crippen LogP) is 3.98. The number of thioether (sulfide) groups is 1. The highest BCUT2D eigenvalue weighted by Crippen LogP contribution is 2.20. The first-order valence-corrected chi connectivity index (χ1v) is 8.47. The second-order valence-corrected chi connectivity index (χ2v) is 5.99. The molecule has 0 fully saturated rings. The summed E-state index contributed by atoms with van der Waals surface area (Å²) < 4.78 is 5.49. The van der Waals surface area contributed by atoms with Crippen molar-refractivity contribution < 1.29 is 9.53 Å². The predicted molar refractivity (Wildman–Crippen MR) is 95.5 cm³/mol. The van der Waals surface area contributed by atoms with Crippen molar-refractivity contribution in [2.75, 3.05) is 12.4 Å². The number of amides is 1. The molecule has 2 aromatic rings. The Labute approximate surface area is 144 Å². The van der Waals surface area contributed by atoms with Crippen LogP contribution in [0.4, 0.5) is 0 Å². The molecule has 0 unspecified atom stereocenters. The maximum atomic E-state index is 11.8. The molecule has 0 heterocycles. The van der Waals surface area contributed by atoms with Gasteiger partial charge in [-0.3, -0.25) is 4.79 Å². The normalized spacial score (nSPS) is 10.7. The van der Waals surface area contributed by atoms with E-state index in [-0.39, 0.29) is 11.7 Å². The molecule has 0 aliphatic carbocycles. The number of hydrazone groups is 1.